The molecule has 0 aromatic heterocycles. The molecule has 2 fully saturated rings. The maximum absolute atomic E-state index is 11.9. The van der Waals surface area contributed by atoms with Crippen LogP contribution in [0.1, 0.15) is 19.8 Å². The fourth-order valence-corrected chi connectivity index (χ4v) is 3.77. The Morgan fingerprint density at radius 1 is 1.59 bits per heavy atom. The van der Waals surface area contributed by atoms with Crippen molar-refractivity contribution >= 4 is 17.7 Å². The lowest BCUT2D eigenvalue weighted by molar-refractivity contribution is -0.151. The van der Waals surface area contributed by atoms with E-state index in [1.807, 2.05) is 18.7 Å². The Bertz CT molecular complexity index is 257. The second-order valence-corrected chi connectivity index (χ2v) is 5.73. The van der Waals surface area contributed by atoms with Crippen LogP contribution in [0.15, 0.2) is 0 Å². The van der Waals surface area contributed by atoms with E-state index >= 15 is 0 Å². The highest BCUT2D eigenvalue weighted by Crippen LogP contribution is 2.24. The minimum absolute atomic E-state index is 0.0599. The quantitative estimate of drug-likeness (QED) is 0.756. The van der Waals surface area contributed by atoms with Crippen LogP contribution in [0.5, 0.6) is 0 Å². The molecule has 0 saturated carbocycles. The summed E-state index contributed by atoms with van der Waals surface area (Å²) in [5.74, 6) is 2.37. The van der Waals surface area contributed by atoms with Crippen molar-refractivity contribution in [3.05, 3.63) is 0 Å². The van der Waals surface area contributed by atoms with Gasteiger partial charge in [0.15, 0.2) is 0 Å². The first-order valence-corrected chi connectivity index (χ1v) is 7.69. The van der Waals surface area contributed by atoms with Crippen LogP contribution >= 0.6 is 11.8 Å². The van der Waals surface area contributed by atoms with Crippen molar-refractivity contribution in [1.29, 1.82) is 0 Å². The predicted octanol–water partition coefficient (Wildman–Crippen LogP) is 0.719. The number of rotatable bonds is 3. The van der Waals surface area contributed by atoms with E-state index in [4.69, 9.17) is 4.74 Å². The molecule has 2 rings (SSSR count). The van der Waals surface area contributed by atoms with E-state index in [0.717, 1.165) is 25.4 Å². The zero-order chi connectivity index (χ0) is 12.1. The molecule has 0 aromatic rings. The summed E-state index contributed by atoms with van der Waals surface area (Å²) in [6, 6.07) is 0.484. The van der Waals surface area contributed by atoms with Gasteiger partial charge in [0, 0.05) is 31.4 Å². The third-order valence-electron chi connectivity index (χ3n) is 3.45. The topological polar surface area (TPSA) is 41.6 Å². The van der Waals surface area contributed by atoms with Crippen molar-refractivity contribution in [3.63, 3.8) is 0 Å². The predicted molar refractivity (Wildman–Crippen MR) is 70.3 cm³/mol. The van der Waals surface area contributed by atoms with Crippen molar-refractivity contribution in [2.45, 2.75) is 31.8 Å². The van der Waals surface area contributed by atoms with Gasteiger partial charge in [-0.25, -0.2) is 0 Å². The van der Waals surface area contributed by atoms with Crippen LogP contribution in [0.25, 0.3) is 0 Å². The van der Waals surface area contributed by atoms with E-state index in [0.29, 0.717) is 12.6 Å². The van der Waals surface area contributed by atoms with Gasteiger partial charge >= 0.3 is 5.97 Å². The van der Waals surface area contributed by atoms with Gasteiger partial charge in [0.1, 0.15) is 6.04 Å². The summed E-state index contributed by atoms with van der Waals surface area (Å²) in [5, 5.41) is 3.29. The molecule has 4 nitrogen and oxygen atoms in total. The molecule has 2 heterocycles. The molecule has 17 heavy (non-hydrogen) atoms. The minimum atomic E-state index is -0.0765. The smallest absolute Gasteiger partial charge is 0.324 e. The number of esters is 1. The van der Waals surface area contributed by atoms with Gasteiger partial charge in [0.05, 0.1) is 6.61 Å². The first-order chi connectivity index (χ1) is 8.33. The Labute approximate surface area is 107 Å². The Kier molecular flexibility index (Phi) is 5.13. The molecule has 2 aliphatic rings. The van der Waals surface area contributed by atoms with Gasteiger partial charge in [-0.3, -0.25) is 9.69 Å². The average molecular weight is 258 g/mol. The van der Waals surface area contributed by atoms with Crippen LogP contribution in [-0.2, 0) is 9.53 Å². The molecule has 2 unspecified atom stereocenters. The van der Waals surface area contributed by atoms with Crippen molar-refractivity contribution in [3.8, 4) is 0 Å². The second-order valence-electron chi connectivity index (χ2n) is 4.58. The van der Waals surface area contributed by atoms with Gasteiger partial charge in [-0.2, -0.15) is 11.8 Å². The number of hydrogen-bond donors (Lipinski definition) is 1. The first kappa shape index (κ1) is 13.2. The van der Waals surface area contributed by atoms with E-state index in [2.05, 4.69) is 10.2 Å². The highest BCUT2D eigenvalue weighted by molar-refractivity contribution is 7.99. The highest BCUT2D eigenvalue weighted by Gasteiger charge is 2.34. The second kappa shape index (κ2) is 6.61. The molecule has 0 aliphatic carbocycles. The summed E-state index contributed by atoms with van der Waals surface area (Å²) >= 11 is 2.01. The van der Waals surface area contributed by atoms with Gasteiger partial charge in [0.25, 0.3) is 0 Å². The summed E-state index contributed by atoms with van der Waals surface area (Å²) in [7, 11) is 0. The van der Waals surface area contributed by atoms with Gasteiger partial charge in [-0.05, 0) is 25.5 Å². The number of carbonyl (C=O) groups excluding carboxylic acids is 1. The molecule has 0 spiro atoms. The zero-order valence-corrected chi connectivity index (χ0v) is 11.3. The molecule has 0 bridgehead atoms. The van der Waals surface area contributed by atoms with Crippen LogP contribution in [0.3, 0.4) is 0 Å². The van der Waals surface area contributed by atoms with Crippen LogP contribution in [0.2, 0.25) is 0 Å². The fourth-order valence-electron chi connectivity index (χ4n) is 2.60. The van der Waals surface area contributed by atoms with Crippen molar-refractivity contribution < 1.29 is 9.53 Å². The Morgan fingerprint density at radius 2 is 2.47 bits per heavy atom. The number of hydrogen-bond acceptors (Lipinski definition) is 5. The largest absolute Gasteiger partial charge is 0.465 e. The number of nitrogens with one attached hydrogen (secondary N) is 1. The number of carbonyl (C=O) groups is 1. The average Bonchev–Trinajstić information content (AvgIpc) is 2.40. The maximum Gasteiger partial charge on any atom is 0.324 e. The van der Waals surface area contributed by atoms with Crippen LogP contribution < -0.4 is 5.32 Å². The summed E-state index contributed by atoms with van der Waals surface area (Å²) in [4.78, 5) is 14.3. The molecule has 98 valence electrons. The monoisotopic (exact) mass is 258 g/mol. The molecule has 0 amide bonds. The Hall–Kier alpha value is -0.260. The summed E-state index contributed by atoms with van der Waals surface area (Å²) in [6.07, 6.45) is 2.50. The van der Waals surface area contributed by atoms with E-state index in [-0.39, 0.29) is 12.0 Å². The van der Waals surface area contributed by atoms with Crippen LogP contribution in [0, 0.1) is 0 Å². The Balaban J connectivity index is 1.97. The number of nitrogens with zero attached hydrogens (tertiary/aromatic N) is 1. The number of thioether (sulfide) groups is 1. The van der Waals surface area contributed by atoms with Crippen molar-refractivity contribution in [1.82, 2.24) is 10.2 Å². The molecule has 0 radical (unpaired) electrons. The van der Waals surface area contributed by atoms with Crippen LogP contribution in [-0.4, -0.2) is 60.7 Å². The molecule has 0 aromatic carbocycles. The van der Waals surface area contributed by atoms with Gasteiger partial charge in [-0.1, -0.05) is 0 Å². The van der Waals surface area contributed by atoms with Gasteiger partial charge in [-0.15, -0.1) is 0 Å². The molecule has 2 aliphatic heterocycles. The standard InChI is InChI=1S/C12H22N2O2S/c1-2-16-12(15)11-8-13-5-6-14(11)10-4-3-7-17-9-10/h10-11,13H,2-9H2,1H3. The van der Waals surface area contributed by atoms with E-state index in [1.54, 1.807) is 0 Å². The maximum atomic E-state index is 11.9. The lowest BCUT2D eigenvalue weighted by atomic mass is 10.1. The number of piperazine rings is 1. The SMILES string of the molecule is CCOC(=O)C1CNCCN1C1CCCSC1. The Morgan fingerprint density at radius 3 is 3.18 bits per heavy atom. The molecular weight excluding hydrogens is 236 g/mol. The number of ether oxygens (including phenoxy) is 1. The minimum Gasteiger partial charge on any atom is -0.465 e. The summed E-state index contributed by atoms with van der Waals surface area (Å²) in [5.41, 5.74) is 0. The van der Waals surface area contributed by atoms with Crippen molar-refractivity contribution in [2.24, 2.45) is 0 Å². The third-order valence-corrected chi connectivity index (χ3v) is 4.65. The normalized spacial score (nSPS) is 31.1. The molecule has 1 N–H and O–H groups in total. The first-order valence-electron chi connectivity index (χ1n) is 6.53. The van der Waals surface area contributed by atoms with E-state index < -0.39 is 0 Å². The van der Waals surface area contributed by atoms with Gasteiger partial charge < -0.3 is 10.1 Å². The highest BCUT2D eigenvalue weighted by atomic mass is 32.2. The lowest BCUT2D eigenvalue weighted by Gasteiger charge is -2.41. The molecule has 5 heteroatoms. The third kappa shape index (κ3) is 3.36. The van der Waals surface area contributed by atoms with Crippen molar-refractivity contribution in [2.75, 3.05) is 37.7 Å². The summed E-state index contributed by atoms with van der Waals surface area (Å²) < 4.78 is 5.18. The lowest BCUT2D eigenvalue weighted by Crippen LogP contribution is -2.59. The van der Waals surface area contributed by atoms with E-state index in [9.17, 15) is 4.79 Å². The zero-order valence-electron chi connectivity index (χ0n) is 10.5. The van der Waals surface area contributed by atoms with Gasteiger partial charge in [0.2, 0.25) is 0 Å². The molecule has 2 atom stereocenters. The van der Waals surface area contributed by atoms with Crippen LogP contribution in [0.4, 0.5) is 0 Å². The molecular formula is C12H22N2O2S. The van der Waals surface area contributed by atoms with E-state index in [1.165, 1.54) is 18.6 Å². The summed E-state index contributed by atoms with van der Waals surface area (Å²) in [6.45, 7) is 5.03. The fraction of sp³-hybridized carbons (Fsp3) is 0.917. The molecule has 2 saturated heterocycles.